The lowest BCUT2D eigenvalue weighted by Gasteiger charge is -2.46. The maximum absolute atomic E-state index is 11.3. The Balaban J connectivity index is 1.20. The molecule has 2 N–H and O–H groups in total. The molecule has 3 fully saturated rings. The van der Waals surface area contributed by atoms with Gasteiger partial charge in [-0.25, -0.2) is 0 Å². The van der Waals surface area contributed by atoms with Gasteiger partial charge in [0, 0.05) is 6.54 Å². The van der Waals surface area contributed by atoms with E-state index in [2.05, 4.69) is 52.7 Å². The molecule has 5 nitrogen and oxygen atoms in total. The molecule has 2 bridgehead atoms. The Morgan fingerprint density at radius 3 is 2.30 bits per heavy atom. The summed E-state index contributed by atoms with van der Waals surface area (Å²) in [6.07, 6.45) is 2.55. The maximum Gasteiger partial charge on any atom is 0.176 e. The topological polar surface area (TPSA) is 54.0 Å². The Kier molecular flexibility index (Phi) is 6.16. The number of piperidine rings is 1. The predicted molar refractivity (Wildman–Crippen MR) is 116 cm³/mol. The van der Waals surface area contributed by atoms with E-state index in [-0.39, 0.29) is 24.5 Å². The van der Waals surface area contributed by atoms with Gasteiger partial charge in [0.15, 0.2) is 6.29 Å². The molecular weight excluding hydrogens is 376 g/mol. The fraction of sp³-hybridized carbons (Fsp3) is 0.520. The summed E-state index contributed by atoms with van der Waals surface area (Å²) in [5, 5.41) is 14.8. The van der Waals surface area contributed by atoms with Crippen molar-refractivity contribution < 1.29 is 14.6 Å². The van der Waals surface area contributed by atoms with Crippen LogP contribution in [0.25, 0.3) is 0 Å². The number of benzene rings is 2. The van der Waals surface area contributed by atoms with Gasteiger partial charge in [0.05, 0.1) is 24.8 Å². The monoisotopic (exact) mass is 408 g/mol. The van der Waals surface area contributed by atoms with Crippen LogP contribution in [-0.4, -0.2) is 60.3 Å². The van der Waals surface area contributed by atoms with Gasteiger partial charge in [0.2, 0.25) is 0 Å². The summed E-state index contributed by atoms with van der Waals surface area (Å²) in [6.45, 7) is 3.24. The van der Waals surface area contributed by atoms with E-state index in [1.807, 2.05) is 18.2 Å². The van der Waals surface area contributed by atoms with Crippen LogP contribution >= 0.6 is 0 Å². The third kappa shape index (κ3) is 4.32. The molecule has 3 aliphatic rings. The molecule has 3 saturated heterocycles. The lowest BCUT2D eigenvalue weighted by atomic mass is 9.87. The number of ether oxygens (including phenoxy) is 2. The fourth-order valence-electron chi connectivity index (χ4n) is 5.28. The summed E-state index contributed by atoms with van der Waals surface area (Å²) in [7, 11) is 0. The minimum atomic E-state index is -0.495. The molecule has 0 amide bonds. The Bertz CT molecular complexity index is 795. The van der Waals surface area contributed by atoms with Gasteiger partial charge in [-0.05, 0) is 49.4 Å². The highest BCUT2D eigenvalue weighted by Gasteiger charge is 2.52. The highest BCUT2D eigenvalue weighted by atomic mass is 16.7. The van der Waals surface area contributed by atoms with Crippen LogP contribution in [-0.2, 0) is 22.4 Å². The lowest BCUT2D eigenvalue weighted by molar-refractivity contribution is -0.186. The molecule has 3 aliphatic heterocycles. The first-order valence-electron chi connectivity index (χ1n) is 11.3. The normalized spacial score (nSPS) is 32.4. The van der Waals surface area contributed by atoms with Crippen molar-refractivity contribution in [2.24, 2.45) is 5.92 Å². The van der Waals surface area contributed by atoms with Crippen molar-refractivity contribution in [1.29, 1.82) is 0 Å². The molecule has 0 spiro atoms. The summed E-state index contributed by atoms with van der Waals surface area (Å²) in [4.78, 5) is 2.40. The first-order chi connectivity index (χ1) is 14.8. The number of likely N-dealkylation sites (tertiary alicyclic amines) is 1. The number of nitrogens with zero attached hydrogens (tertiary/aromatic N) is 1. The van der Waals surface area contributed by atoms with Gasteiger partial charge in [-0.3, -0.25) is 4.90 Å². The molecule has 5 heteroatoms. The van der Waals surface area contributed by atoms with E-state index in [0.717, 1.165) is 38.9 Å². The minimum absolute atomic E-state index is 0.0828. The van der Waals surface area contributed by atoms with E-state index in [0.29, 0.717) is 12.5 Å². The highest BCUT2D eigenvalue weighted by Crippen LogP contribution is 2.34. The molecule has 0 aromatic heterocycles. The van der Waals surface area contributed by atoms with Crippen molar-refractivity contribution in [2.45, 2.75) is 56.4 Å². The average molecular weight is 409 g/mol. The molecule has 3 heterocycles. The molecule has 160 valence electrons. The Labute approximate surface area is 179 Å². The zero-order valence-corrected chi connectivity index (χ0v) is 17.4. The van der Waals surface area contributed by atoms with Gasteiger partial charge >= 0.3 is 0 Å². The Morgan fingerprint density at radius 2 is 1.60 bits per heavy atom. The van der Waals surface area contributed by atoms with Gasteiger partial charge in [-0.2, -0.15) is 0 Å². The maximum atomic E-state index is 11.3. The average Bonchev–Trinajstić information content (AvgIpc) is 3.21. The van der Waals surface area contributed by atoms with Gasteiger partial charge in [0.1, 0.15) is 6.10 Å². The number of hydrogen-bond acceptors (Lipinski definition) is 5. The van der Waals surface area contributed by atoms with Crippen molar-refractivity contribution in [2.75, 3.05) is 19.7 Å². The van der Waals surface area contributed by atoms with Crippen molar-refractivity contribution in [3.05, 3.63) is 71.8 Å². The zero-order chi connectivity index (χ0) is 20.3. The summed E-state index contributed by atoms with van der Waals surface area (Å²) < 4.78 is 12.1. The van der Waals surface area contributed by atoms with E-state index in [4.69, 9.17) is 9.47 Å². The quantitative estimate of drug-likeness (QED) is 0.770. The summed E-state index contributed by atoms with van der Waals surface area (Å²) in [5.41, 5.74) is 2.63. The van der Waals surface area contributed by atoms with Crippen molar-refractivity contribution in [3.63, 3.8) is 0 Å². The van der Waals surface area contributed by atoms with Gasteiger partial charge in [-0.1, -0.05) is 60.7 Å². The van der Waals surface area contributed by atoms with E-state index in [9.17, 15) is 5.11 Å². The molecule has 30 heavy (non-hydrogen) atoms. The van der Waals surface area contributed by atoms with Crippen LogP contribution in [0, 0.1) is 5.92 Å². The van der Waals surface area contributed by atoms with Crippen LogP contribution in [0.1, 0.15) is 24.0 Å². The van der Waals surface area contributed by atoms with Crippen LogP contribution in [0.4, 0.5) is 0 Å². The minimum Gasteiger partial charge on any atom is -0.390 e. The predicted octanol–water partition coefficient (Wildman–Crippen LogP) is 2.58. The number of aliphatic hydroxyl groups is 1. The Morgan fingerprint density at radius 1 is 0.933 bits per heavy atom. The van der Waals surface area contributed by atoms with Crippen LogP contribution in [0.3, 0.4) is 0 Å². The molecule has 0 saturated carbocycles. The first-order valence-corrected chi connectivity index (χ1v) is 11.3. The number of rotatable bonds is 6. The molecule has 2 aromatic rings. The van der Waals surface area contributed by atoms with Crippen LogP contribution in [0.2, 0.25) is 0 Å². The van der Waals surface area contributed by atoms with Crippen LogP contribution in [0.5, 0.6) is 0 Å². The second-order valence-corrected chi connectivity index (χ2v) is 8.92. The van der Waals surface area contributed by atoms with E-state index >= 15 is 0 Å². The highest BCUT2D eigenvalue weighted by molar-refractivity contribution is 5.16. The van der Waals surface area contributed by atoms with Crippen LogP contribution in [0.15, 0.2) is 60.7 Å². The largest absolute Gasteiger partial charge is 0.390 e. The summed E-state index contributed by atoms with van der Waals surface area (Å²) in [5.74, 6) is 0.703. The first kappa shape index (κ1) is 20.2. The number of aliphatic hydroxyl groups excluding tert-OH is 1. The van der Waals surface area contributed by atoms with Crippen LogP contribution < -0.4 is 5.32 Å². The van der Waals surface area contributed by atoms with Crippen molar-refractivity contribution >= 4 is 0 Å². The van der Waals surface area contributed by atoms with Gasteiger partial charge < -0.3 is 19.9 Å². The molecule has 0 unspecified atom stereocenters. The van der Waals surface area contributed by atoms with Gasteiger partial charge in [-0.15, -0.1) is 0 Å². The summed E-state index contributed by atoms with van der Waals surface area (Å²) in [6, 6.07) is 20.9. The molecule has 5 atom stereocenters. The van der Waals surface area contributed by atoms with Crippen molar-refractivity contribution in [1.82, 2.24) is 10.2 Å². The van der Waals surface area contributed by atoms with E-state index in [1.165, 1.54) is 11.1 Å². The third-order valence-electron chi connectivity index (χ3n) is 6.95. The second-order valence-electron chi connectivity index (χ2n) is 8.92. The third-order valence-corrected chi connectivity index (χ3v) is 6.95. The fourth-order valence-corrected chi connectivity index (χ4v) is 5.28. The smallest absolute Gasteiger partial charge is 0.176 e. The number of fused-ring (bicyclic) bond motifs is 2. The van der Waals surface area contributed by atoms with Crippen molar-refractivity contribution in [3.8, 4) is 0 Å². The second kappa shape index (κ2) is 9.16. The van der Waals surface area contributed by atoms with E-state index in [1.54, 1.807) is 0 Å². The molecule has 0 aliphatic carbocycles. The van der Waals surface area contributed by atoms with Gasteiger partial charge in [0.25, 0.3) is 0 Å². The number of nitrogens with one attached hydrogen (secondary N) is 1. The lowest BCUT2D eigenvalue weighted by Crippen LogP contribution is -2.65. The SMILES string of the molecule is O[C@H]1[C@H](NCc2ccccc2)[C@@H]2CO[C@H](O2)[C@H]1N1CCC(Cc2ccccc2)CC1. The molecule has 2 aromatic carbocycles. The summed E-state index contributed by atoms with van der Waals surface area (Å²) >= 11 is 0. The standard InChI is InChI=1S/C25H32N2O3/c28-24-22(26-16-20-9-5-2-6-10-20)21-17-29-25(30-21)23(24)27-13-11-19(12-14-27)15-18-7-3-1-4-8-18/h1-10,19,21-26,28H,11-17H2/t21-,22+,23-,24-,25+/m0/s1. The molecule has 0 radical (unpaired) electrons. The van der Waals surface area contributed by atoms with E-state index < -0.39 is 6.10 Å². The molecule has 5 rings (SSSR count). The number of hydrogen-bond donors (Lipinski definition) is 2. The zero-order valence-electron chi connectivity index (χ0n) is 17.4. The molecular formula is C25H32N2O3. The Hall–Kier alpha value is -1.76.